The Morgan fingerprint density at radius 1 is 1.20 bits per heavy atom. The second-order valence-electron chi connectivity index (χ2n) is 7.59. The van der Waals surface area contributed by atoms with E-state index in [4.69, 9.17) is 21.3 Å². The molecule has 1 unspecified atom stereocenters. The van der Waals surface area contributed by atoms with Crippen molar-refractivity contribution in [3.8, 4) is 0 Å². The number of amides is 1. The van der Waals surface area contributed by atoms with Crippen LogP contribution in [0.4, 0.5) is 5.13 Å². The van der Waals surface area contributed by atoms with Crippen molar-refractivity contribution in [2.75, 3.05) is 18.1 Å². The molecule has 4 aromatic rings. The van der Waals surface area contributed by atoms with E-state index in [0.717, 1.165) is 46.0 Å². The number of aryl methyl sites for hydroxylation is 1. The Labute approximate surface area is 184 Å². The molecule has 0 spiro atoms. The summed E-state index contributed by atoms with van der Waals surface area (Å²) >= 11 is 7.82. The van der Waals surface area contributed by atoms with Crippen LogP contribution in [0.25, 0.3) is 21.0 Å². The number of rotatable bonds is 4. The first kappa shape index (κ1) is 19.5. The van der Waals surface area contributed by atoms with Crippen LogP contribution < -0.4 is 4.90 Å². The van der Waals surface area contributed by atoms with Crippen LogP contribution in [-0.4, -0.2) is 30.1 Å². The zero-order valence-corrected chi connectivity index (χ0v) is 18.2. The van der Waals surface area contributed by atoms with Gasteiger partial charge < -0.3 is 4.74 Å². The van der Waals surface area contributed by atoms with E-state index in [2.05, 4.69) is 0 Å². The van der Waals surface area contributed by atoms with Crippen LogP contribution in [0.1, 0.15) is 28.8 Å². The van der Waals surface area contributed by atoms with Crippen LogP contribution in [-0.2, 0) is 4.74 Å². The van der Waals surface area contributed by atoms with E-state index in [-0.39, 0.29) is 12.0 Å². The third kappa shape index (κ3) is 3.47. The molecular weight excluding hydrogens is 416 g/mol. The molecule has 1 aliphatic heterocycles. The van der Waals surface area contributed by atoms with Crippen LogP contribution in [0.2, 0.25) is 5.02 Å². The van der Waals surface area contributed by atoms with Gasteiger partial charge in [0, 0.05) is 17.2 Å². The highest BCUT2D eigenvalue weighted by Crippen LogP contribution is 2.35. The lowest BCUT2D eigenvalue weighted by molar-refractivity contribution is 0.0919. The Morgan fingerprint density at radius 3 is 2.87 bits per heavy atom. The largest absolute Gasteiger partial charge is 0.376 e. The van der Waals surface area contributed by atoms with Gasteiger partial charge in [-0.25, -0.2) is 4.98 Å². The van der Waals surface area contributed by atoms with Gasteiger partial charge in [0.05, 0.1) is 22.9 Å². The smallest absolute Gasteiger partial charge is 0.260 e. The van der Waals surface area contributed by atoms with Gasteiger partial charge in [-0.3, -0.25) is 9.69 Å². The van der Waals surface area contributed by atoms with Crippen molar-refractivity contribution in [3.05, 3.63) is 70.7 Å². The summed E-state index contributed by atoms with van der Waals surface area (Å²) in [7, 11) is 0. The molecule has 30 heavy (non-hydrogen) atoms. The predicted octanol–water partition coefficient (Wildman–Crippen LogP) is 6.24. The van der Waals surface area contributed by atoms with E-state index in [9.17, 15) is 4.79 Å². The highest BCUT2D eigenvalue weighted by molar-refractivity contribution is 7.22. The highest BCUT2D eigenvalue weighted by atomic mass is 35.5. The van der Waals surface area contributed by atoms with Crippen molar-refractivity contribution in [2.45, 2.75) is 25.9 Å². The zero-order chi connectivity index (χ0) is 20.7. The lowest BCUT2D eigenvalue weighted by Gasteiger charge is -2.23. The molecule has 0 N–H and O–H groups in total. The molecule has 1 fully saturated rings. The van der Waals surface area contributed by atoms with Gasteiger partial charge >= 0.3 is 0 Å². The highest BCUT2D eigenvalue weighted by Gasteiger charge is 2.28. The summed E-state index contributed by atoms with van der Waals surface area (Å²) in [5.74, 6) is -0.0508. The molecule has 0 saturated carbocycles. The average molecular weight is 437 g/mol. The van der Waals surface area contributed by atoms with Crippen LogP contribution in [0, 0.1) is 6.92 Å². The molecule has 0 bridgehead atoms. The maximum absolute atomic E-state index is 13.8. The number of benzene rings is 3. The Balaban J connectivity index is 1.61. The standard InChI is InChI=1S/C24H21ClN2O2S/c1-15-20(25)11-12-21-22(15)26-24(30-21)27(14-17-8-5-13-29-17)23(28)19-10-4-7-16-6-2-3-9-18(16)19/h2-4,6-7,9-12,17H,5,8,13-14H2,1H3. The number of carbonyl (C=O) groups is 1. The van der Waals surface area contributed by atoms with Crippen LogP contribution in [0.3, 0.4) is 0 Å². The minimum Gasteiger partial charge on any atom is -0.376 e. The van der Waals surface area contributed by atoms with Crippen molar-refractivity contribution < 1.29 is 9.53 Å². The monoisotopic (exact) mass is 436 g/mol. The van der Waals surface area contributed by atoms with E-state index in [1.165, 1.54) is 11.3 Å². The van der Waals surface area contributed by atoms with E-state index < -0.39 is 0 Å². The van der Waals surface area contributed by atoms with Crippen molar-refractivity contribution in [1.82, 2.24) is 4.98 Å². The average Bonchev–Trinajstić information content (AvgIpc) is 3.44. The molecule has 6 heteroatoms. The third-order valence-electron chi connectivity index (χ3n) is 5.64. The van der Waals surface area contributed by atoms with Gasteiger partial charge in [0.1, 0.15) is 0 Å². The third-order valence-corrected chi connectivity index (χ3v) is 7.10. The minimum atomic E-state index is -0.0508. The molecule has 1 atom stereocenters. The van der Waals surface area contributed by atoms with E-state index in [0.29, 0.717) is 22.3 Å². The molecular formula is C24H21ClN2O2S. The molecule has 1 aliphatic rings. The van der Waals surface area contributed by atoms with Gasteiger partial charge in [-0.05, 0) is 54.3 Å². The van der Waals surface area contributed by atoms with Crippen molar-refractivity contribution in [3.63, 3.8) is 0 Å². The molecule has 4 nitrogen and oxygen atoms in total. The normalized spacial score (nSPS) is 16.4. The number of ether oxygens (including phenoxy) is 1. The summed E-state index contributed by atoms with van der Waals surface area (Å²) in [5.41, 5.74) is 2.47. The van der Waals surface area contributed by atoms with Gasteiger partial charge in [0.2, 0.25) is 0 Å². The maximum atomic E-state index is 13.8. The zero-order valence-electron chi connectivity index (χ0n) is 16.6. The first-order valence-corrected chi connectivity index (χ1v) is 11.3. The van der Waals surface area contributed by atoms with Gasteiger partial charge in [-0.15, -0.1) is 0 Å². The second kappa shape index (κ2) is 7.99. The van der Waals surface area contributed by atoms with Crippen LogP contribution >= 0.6 is 22.9 Å². The summed E-state index contributed by atoms with van der Waals surface area (Å²) in [6, 6.07) is 17.7. The molecule has 152 valence electrons. The molecule has 1 saturated heterocycles. The number of thiazole rings is 1. The van der Waals surface area contributed by atoms with Gasteiger partial charge in [-0.2, -0.15) is 0 Å². The Hall–Kier alpha value is -2.47. The van der Waals surface area contributed by atoms with Crippen molar-refractivity contribution in [2.24, 2.45) is 0 Å². The maximum Gasteiger partial charge on any atom is 0.260 e. The fraction of sp³-hybridized carbons (Fsp3) is 0.250. The fourth-order valence-corrected chi connectivity index (χ4v) is 5.19. The number of hydrogen-bond acceptors (Lipinski definition) is 4. The van der Waals surface area contributed by atoms with Crippen LogP contribution in [0.5, 0.6) is 0 Å². The van der Waals surface area contributed by atoms with Crippen molar-refractivity contribution in [1.29, 1.82) is 0 Å². The first-order valence-electron chi connectivity index (χ1n) is 10.1. The number of carbonyl (C=O) groups excluding carboxylic acids is 1. The number of halogens is 1. The summed E-state index contributed by atoms with van der Waals surface area (Å²) in [5, 5.41) is 3.37. The fourth-order valence-electron chi connectivity index (χ4n) is 4.00. The Morgan fingerprint density at radius 2 is 2.03 bits per heavy atom. The number of nitrogens with zero attached hydrogens (tertiary/aromatic N) is 2. The topological polar surface area (TPSA) is 42.4 Å². The van der Waals surface area contributed by atoms with E-state index in [1.54, 1.807) is 4.90 Å². The SMILES string of the molecule is Cc1c(Cl)ccc2sc(N(CC3CCCO3)C(=O)c3cccc4ccccc34)nc12. The van der Waals surface area contributed by atoms with Crippen LogP contribution in [0.15, 0.2) is 54.6 Å². The molecule has 2 heterocycles. The van der Waals surface area contributed by atoms with E-state index >= 15 is 0 Å². The lowest BCUT2D eigenvalue weighted by atomic mass is 10.0. The molecule has 3 aromatic carbocycles. The van der Waals surface area contributed by atoms with Crippen molar-refractivity contribution >= 4 is 55.0 Å². The van der Waals surface area contributed by atoms with Gasteiger partial charge in [-0.1, -0.05) is 59.3 Å². The predicted molar refractivity (Wildman–Crippen MR) is 124 cm³/mol. The van der Waals surface area contributed by atoms with Gasteiger partial charge in [0.25, 0.3) is 5.91 Å². The number of hydrogen-bond donors (Lipinski definition) is 0. The quantitative estimate of drug-likeness (QED) is 0.380. The molecule has 1 aromatic heterocycles. The number of anilines is 1. The summed E-state index contributed by atoms with van der Waals surface area (Å²) in [4.78, 5) is 20.4. The minimum absolute atomic E-state index is 0.0284. The second-order valence-corrected chi connectivity index (χ2v) is 9.01. The van der Waals surface area contributed by atoms with E-state index in [1.807, 2.05) is 61.5 Å². The Bertz CT molecular complexity index is 1240. The molecule has 0 radical (unpaired) electrons. The Kier molecular flexibility index (Phi) is 5.19. The number of aromatic nitrogens is 1. The van der Waals surface area contributed by atoms with Gasteiger partial charge in [0.15, 0.2) is 5.13 Å². The lowest BCUT2D eigenvalue weighted by Crippen LogP contribution is -2.37. The first-order chi connectivity index (χ1) is 14.6. The molecule has 1 amide bonds. The number of fused-ring (bicyclic) bond motifs is 2. The summed E-state index contributed by atoms with van der Waals surface area (Å²) in [6.07, 6.45) is 2.01. The summed E-state index contributed by atoms with van der Waals surface area (Å²) < 4.78 is 6.88. The summed E-state index contributed by atoms with van der Waals surface area (Å²) in [6.45, 7) is 3.20. The molecule has 0 aliphatic carbocycles. The molecule has 5 rings (SSSR count).